The number of fused-ring (bicyclic) bond motifs is 2. The highest BCUT2D eigenvalue weighted by molar-refractivity contribution is 7.13. The number of piperidine rings is 1. The SMILES string of the molecule is CC(C)[C@@H](C(=O)N1C[C@H](O)C[C@H]1C(=O)N[C@@H](C)c1ccc(-c2scnc2N)cc1)c1cc(OCCN2CCC(OC3CC(Oc4cc(N5C6CC[C@@H]5CN(c5cc(-c7ccccc7O)nnc5N)C6)ccn4)C3)CC2)no1. The number of rotatable bonds is 18. The van der Waals surface area contributed by atoms with E-state index in [1.54, 1.807) is 23.7 Å². The number of hydrogen-bond acceptors (Lipinski definition) is 19. The number of β-amino-alcohol motifs (C(OH)–C–C–N with tert-alkyl or cyclic N) is 1. The Balaban J connectivity index is 0.601. The molecule has 8 heterocycles. The Morgan fingerprint density at radius 2 is 1.62 bits per heavy atom. The number of carbonyl (C=O) groups is 2. The van der Waals surface area contributed by atoms with E-state index in [1.807, 2.05) is 69.4 Å². The van der Waals surface area contributed by atoms with Crippen molar-refractivity contribution in [3.8, 4) is 39.2 Å². The number of thiazole rings is 1. The number of amides is 2. The summed E-state index contributed by atoms with van der Waals surface area (Å²) in [4.78, 5) is 46.2. The number of aromatic hydroxyl groups is 1. The number of anilines is 4. The van der Waals surface area contributed by atoms with Gasteiger partial charge in [0, 0.05) is 100 Å². The van der Waals surface area contributed by atoms with E-state index in [-0.39, 0.29) is 72.9 Å². The number of hydrogen-bond donors (Lipinski definition) is 5. The van der Waals surface area contributed by atoms with Gasteiger partial charge in [0.15, 0.2) is 11.6 Å². The number of nitrogens with two attached hydrogens (primary N) is 2. The number of piperazine rings is 1. The predicted octanol–water partition coefficient (Wildman–Crippen LogP) is 6.43. The third kappa shape index (κ3) is 11.4. The van der Waals surface area contributed by atoms with Gasteiger partial charge in [0.05, 0.1) is 46.1 Å². The van der Waals surface area contributed by atoms with Crippen LogP contribution in [0.3, 0.4) is 0 Å². The fourth-order valence-corrected chi connectivity index (χ4v) is 12.5. The highest BCUT2D eigenvalue weighted by Gasteiger charge is 2.45. The second-order valence-corrected chi connectivity index (χ2v) is 22.4. The number of nitrogens with one attached hydrogen (secondary N) is 1. The van der Waals surface area contributed by atoms with Crippen molar-refractivity contribution in [3.63, 3.8) is 0 Å². The summed E-state index contributed by atoms with van der Waals surface area (Å²) in [6.07, 6.45) is 7.17. The highest BCUT2D eigenvalue weighted by atomic mass is 32.1. The number of aromatic nitrogens is 5. The van der Waals surface area contributed by atoms with Crippen molar-refractivity contribution < 1.29 is 38.5 Å². The molecule has 21 heteroatoms. The number of benzene rings is 2. The summed E-state index contributed by atoms with van der Waals surface area (Å²) in [7, 11) is 0. The maximum absolute atomic E-state index is 14.2. The monoisotopic (exact) mass is 1070 g/mol. The second kappa shape index (κ2) is 22.5. The summed E-state index contributed by atoms with van der Waals surface area (Å²) in [5.74, 6) is 0.745. The third-order valence-electron chi connectivity index (χ3n) is 16.0. The van der Waals surface area contributed by atoms with Gasteiger partial charge >= 0.3 is 0 Å². The average Bonchev–Trinajstić information content (AvgIpc) is 4.25. The van der Waals surface area contributed by atoms with Crippen LogP contribution in [-0.2, 0) is 14.3 Å². The Kier molecular flexibility index (Phi) is 15.2. The van der Waals surface area contributed by atoms with Crippen LogP contribution in [0.2, 0.25) is 0 Å². The first-order valence-corrected chi connectivity index (χ1v) is 27.8. The quantitative estimate of drug-likeness (QED) is 0.0622. The molecule has 6 atom stereocenters. The Labute approximate surface area is 451 Å². The molecular weight excluding hydrogens is 1000 g/mol. The highest BCUT2D eigenvalue weighted by Crippen LogP contribution is 2.41. The molecule has 5 fully saturated rings. The molecule has 0 radical (unpaired) electrons. The molecule has 1 aliphatic carbocycles. The molecule has 0 spiro atoms. The number of aliphatic hydroxyl groups is 1. The molecule has 2 bridgehead atoms. The Hall–Kier alpha value is -7.07. The van der Waals surface area contributed by atoms with Crippen molar-refractivity contribution in [2.24, 2.45) is 5.92 Å². The van der Waals surface area contributed by atoms with Crippen molar-refractivity contribution in [2.45, 2.75) is 120 Å². The van der Waals surface area contributed by atoms with Gasteiger partial charge in [-0.1, -0.05) is 50.2 Å². The topological polar surface area (TPSA) is 257 Å². The van der Waals surface area contributed by atoms with E-state index < -0.39 is 18.1 Å². The first-order valence-electron chi connectivity index (χ1n) is 26.9. The number of ether oxygens (including phenoxy) is 3. The fourth-order valence-electron chi connectivity index (χ4n) is 11.8. The normalized spacial score (nSPS) is 23.5. The summed E-state index contributed by atoms with van der Waals surface area (Å²) in [6.45, 7) is 10.2. The molecular formula is C56H68N12O8S. The number of nitrogens with zero attached hydrogens (tertiary/aromatic N) is 9. The molecule has 2 aromatic carbocycles. The Morgan fingerprint density at radius 1 is 0.857 bits per heavy atom. The molecule has 406 valence electrons. The summed E-state index contributed by atoms with van der Waals surface area (Å²) in [5.41, 5.74) is 19.1. The fraction of sp³-hybridized carbons (Fsp3) is 0.482. The number of pyridine rings is 1. The summed E-state index contributed by atoms with van der Waals surface area (Å²) < 4.78 is 24.7. The molecule has 4 saturated heterocycles. The van der Waals surface area contributed by atoms with E-state index >= 15 is 0 Å². The first-order chi connectivity index (χ1) is 37.3. The number of nitrogen functional groups attached to an aromatic ring is 2. The lowest BCUT2D eigenvalue weighted by molar-refractivity contribution is -0.141. The lowest BCUT2D eigenvalue weighted by Crippen LogP contribution is -2.54. The van der Waals surface area contributed by atoms with Crippen LogP contribution >= 0.6 is 11.3 Å². The van der Waals surface area contributed by atoms with Crippen molar-refractivity contribution in [1.29, 1.82) is 0 Å². The largest absolute Gasteiger partial charge is 0.507 e. The maximum Gasteiger partial charge on any atom is 0.254 e. The van der Waals surface area contributed by atoms with E-state index in [4.69, 9.17) is 30.2 Å². The molecule has 77 heavy (non-hydrogen) atoms. The van der Waals surface area contributed by atoms with Crippen LogP contribution < -0.4 is 36.1 Å². The summed E-state index contributed by atoms with van der Waals surface area (Å²) in [6, 6.07) is 22.0. The zero-order valence-corrected chi connectivity index (χ0v) is 44.5. The van der Waals surface area contributed by atoms with Crippen molar-refractivity contribution in [2.75, 3.05) is 67.1 Å². The van der Waals surface area contributed by atoms with Gasteiger partial charge in [-0.25, -0.2) is 9.97 Å². The van der Waals surface area contributed by atoms with Gasteiger partial charge in [-0.05, 0) is 79.1 Å². The van der Waals surface area contributed by atoms with Crippen LogP contribution in [-0.4, -0.2) is 146 Å². The van der Waals surface area contributed by atoms with Gasteiger partial charge in [-0.3, -0.25) is 14.5 Å². The maximum atomic E-state index is 14.2. The van der Waals surface area contributed by atoms with Gasteiger partial charge in [0.1, 0.15) is 36.2 Å². The van der Waals surface area contributed by atoms with Crippen LogP contribution in [0.1, 0.15) is 89.0 Å². The molecule has 4 aliphatic heterocycles. The number of aliphatic hydroxyl groups excluding tert-OH is 1. The number of phenols is 1. The molecule has 20 nitrogen and oxygen atoms in total. The smallest absolute Gasteiger partial charge is 0.254 e. The zero-order valence-electron chi connectivity index (χ0n) is 43.7. The first kappa shape index (κ1) is 52.0. The summed E-state index contributed by atoms with van der Waals surface area (Å²) >= 11 is 1.47. The average molecular weight is 1070 g/mol. The Morgan fingerprint density at radius 3 is 2.35 bits per heavy atom. The minimum Gasteiger partial charge on any atom is -0.507 e. The lowest BCUT2D eigenvalue weighted by atomic mass is 9.91. The minimum atomic E-state index is -0.846. The number of likely N-dealkylation sites (tertiary alicyclic amines) is 2. The predicted molar refractivity (Wildman–Crippen MR) is 291 cm³/mol. The van der Waals surface area contributed by atoms with Gasteiger partial charge < -0.3 is 60.4 Å². The van der Waals surface area contributed by atoms with Gasteiger partial charge in [-0.15, -0.1) is 21.5 Å². The van der Waals surface area contributed by atoms with Crippen LogP contribution in [0.5, 0.6) is 17.5 Å². The van der Waals surface area contributed by atoms with Crippen LogP contribution in [0.15, 0.2) is 89.0 Å². The number of para-hydroxylation sites is 1. The van der Waals surface area contributed by atoms with Gasteiger partial charge in [-0.2, -0.15) is 0 Å². The molecule has 1 unspecified atom stereocenters. The lowest BCUT2D eigenvalue weighted by Gasteiger charge is -2.43. The van der Waals surface area contributed by atoms with E-state index in [0.717, 1.165) is 92.1 Å². The van der Waals surface area contributed by atoms with E-state index in [0.29, 0.717) is 53.6 Å². The van der Waals surface area contributed by atoms with Crippen molar-refractivity contribution in [1.82, 2.24) is 40.4 Å². The molecule has 5 aliphatic rings. The standard InChI is InChI=1S/C56H68N12O8S/c1-32(2)51(56(72)67-30-39(69)23-46(67)55(71)61-33(3)34-8-10-35(11-9-34)52-54(58)60-31-77-52)48-27-50(64-76-48)73-21-20-65-18-15-40(16-19-65)74-41-24-42(25-41)75-49-22-36(14-17-59-49)68-37-12-13-38(68)29-66(28-37)45-26-44(62-63-53(45)57)43-6-4-5-7-47(43)70/h4-11,14,17,22,26-27,31-33,37-42,46,51,69-70H,12-13,15-16,18-21,23-25,28-30,58H2,1-3H3,(H2,57,63)(H,61,71)/t33-,37+,38?,39+,41?,42?,46-,51+/m0/s1. The van der Waals surface area contributed by atoms with E-state index in [2.05, 4.69) is 57.5 Å². The Bertz CT molecular complexity index is 3000. The number of phenolic OH excluding ortho intramolecular Hbond substituents is 1. The molecule has 6 aromatic rings. The van der Waals surface area contributed by atoms with Gasteiger partial charge in [0.2, 0.25) is 17.7 Å². The van der Waals surface area contributed by atoms with E-state index in [9.17, 15) is 19.8 Å². The van der Waals surface area contributed by atoms with Crippen LogP contribution in [0.4, 0.5) is 23.0 Å². The molecule has 11 rings (SSSR count). The third-order valence-corrected chi connectivity index (χ3v) is 16.9. The number of carbonyl (C=O) groups excluding carboxylic acids is 2. The van der Waals surface area contributed by atoms with Crippen molar-refractivity contribution >= 4 is 46.2 Å². The summed E-state index contributed by atoms with van der Waals surface area (Å²) in [5, 5.41) is 36.9. The van der Waals surface area contributed by atoms with Crippen LogP contribution in [0.25, 0.3) is 21.7 Å². The van der Waals surface area contributed by atoms with Crippen LogP contribution in [0, 0.1) is 5.92 Å². The second-order valence-electron chi connectivity index (χ2n) is 21.5. The van der Waals surface area contributed by atoms with E-state index in [1.165, 1.54) is 16.2 Å². The molecule has 2 amide bonds. The minimum absolute atomic E-state index is 0.0410. The molecule has 4 aromatic heterocycles. The molecule has 7 N–H and O–H groups in total. The van der Waals surface area contributed by atoms with Gasteiger partial charge in [0.25, 0.3) is 5.88 Å². The zero-order chi connectivity index (χ0) is 53.3. The van der Waals surface area contributed by atoms with Crippen molar-refractivity contribution in [3.05, 3.63) is 95.8 Å². The molecule has 1 saturated carbocycles.